The average Bonchev–Trinajstić information content (AvgIpc) is 3.76. The topological polar surface area (TPSA) is 64.6 Å². The van der Waals surface area contributed by atoms with Crippen molar-refractivity contribution in [1.82, 2.24) is 0 Å². The molecule has 1 aliphatic rings. The lowest BCUT2D eigenvalue weighted by Crippen LogP contribution is -2.51. The molecular weight excluding hydrogens is 476 g/mol. The summed E-state index contributed by atoms with van der Waals surface area (Å²) in [6, 6.07) is 14.2. The van der Waals surface area contributed by atoms with E-state index in [0.717, 1.165) is 42.9 Å². The third-order valence-electron chi connectivity index (χ3n) is 7.75. The van der Waals surface area contributed by atoms with Gasteiger partial charge in [-0.1, -0.05) is 51.2 Å². The molecule has 6 heteroatoms. The maximum atomic E-state index is 12.9. The van der Waals surface area contributed by atoms with Gasteiger partial charge in [0.25, 0.3) is 5.91 Å². The molecule has 0 aromatic heterocycles. The van der Waals surface area contributed by atoms with E-state index >= 15 is 0 Å². The van der Waals surface area contributed by atoms with E-state index in [9.17, 15) is 9.59 Å². The van der Waals surface area contributed by atoms with E-state index in [4.69, 9.17) is 9.47 Å². The molecule has 208 valence electrons. The monoisotopic (exact) mass is 523 g/mol. The van der Waals surface area contributed by atoms with Crippen molar-refractivity contribution in [2.24, 2.45) is 5.92 Å². The van der Waals surface area contributed by atoms with Gasteiger partial charge in [0.1, 0.15) is 18.9 Å². The van der Waals surface area contributed by atoms with Gasteiger partial charge in [0, 0.05) is 11.6 Å². The second kappa shape index (κ2) is 15.5. The maximum Gasteiger partial charge on any atom is 0.338 e. The first-order chi connectivity index (χ1) is 18.5. The number of benzene rings is 2. The summed E-state index contributed by atoms with van der Waals surface area (Å²) in [5.41, 5.74) is 1.61. The van der Waals surface area contributed by atoms with Crippen molar-refractivity contribution in [1.29, 1.82) is 0 Å². The van der Waals surface area contributed by atoms with Crippen molar-refractivity contribution in [3.63, 3.8) is 0 Å². The minimum atomic E-state index is -0.326. The predicted octanol–water partition coefficient (Wildman–Crippen LogP) is 7.10. The second-order valence-corrected chi connectivity index (χ2v) is 10.6. The molecule has 1 aliphatic carbocycles. The van der Waals surface area contributed by atoms with Gasteiger partial charge in [0.05, 0.1) is 37.4 Å². The van der Waals surface area contributed by atoms with E-state index in [2.05, 4.69) is 26.1 Å². The zero-order chi connectivity index (χ0) is 27.2. The molecule has 1 saturated carbocycles. The molecule has 38 heavy (non-hydrogen) atoms. The number of rotatable bonds is 18. The summed E-state index contributed by atoms with van der Waals surface area (Å²) in [6.07, 6.45) is 9.80. The minimum Gasteiger partial charge on any atom is -0.493 e. The van der Waals surface area contributed by atoms with E-state index in [1.807, 2.05) is 18.2 Å². The first-order valence-electron chi connectivity index (χ1n) is 14.7. The number of likely N-dealkylation sites (N-methyl/N-ethyl adjacent to an activating group) is 1. The van der Waals surface area contributed by atoms with E-state index in [1.165, 1.54) is 45.1 Å². The van der Waals surface area contributed by atoms with Crippen LogP contribution in [0.1, 0.15) is 92.9 Å². The Hall–Kier alpha value is -2.86. The van der Waals surface area contributed by atoms with Crippen LogP contribution in [0.5, 0.6) is 5.75 Å². The lowest BCUT2D eigenvalue weighted by Gasteiger charge is -2.36. The molecule has 0 atom stereocenters. The van der Waals surface area contributed by atoms with Gasteiger partial charge in [-0.25, -0.2) is 4.79 Å². The Bertz CT molecular complexity index is 997. The number of nitrogens with zero attached hydrogens (tertiary/aromatic N) is 1. The Kier molecular flexibility index (Phi) is 12.1. The fourth-order valence-electron chi connectivity index (χ4n) is 4.89. The molecule has 0 spiro atoms. The third kappa shape index (κ3) is 9.46. The molecular formula is C32H47N2O4+. The van der Waals surface area contributed by atoms with Gasteiger partial charge in [-0.05, 0) is 69.5 Å². The van der Waals surface area contributed by atoms with Crippen molar-refractivity contribution >= 4 is 17.6 Å². The molecule has 0 heterocycles. The van der Waals surface area contributed by atoms with Crippen molar-refractivity contribution in [3.8, 4) is 5.75 Å². The number of carbonyl (C=O) groups excluding carboxylic acids is 2. The largest absolute Gasteiger partial charge is 0.493 e. The third-order valence-corrected chi connectivity index (χ3v) is 7.75. The number of nitrogens with one attached hydrogen (secondary N) is 1. The lowest BCUT2D eigenvalue weighted by molar-refractivity contribution is -0.926. The van der Waals surface area contributed by atoms with Crippen LogP contribution in [0.2, 0.25) is 0 Å². The normalized spacial score (nSPS) is 13.2. The van der Waals surface area contributed by atoms with E-state index in [-0.39, 0.29) is 11.9 Å². The number of quaternary nitrogens is 1. The van der Waals surface area contributed by atoms with Crippen LogP contribution < -0.4 is 10.1 Å². The molecule has 1 fully saturated rings. The Morgan fingerprint density at radius 3 is 2.24 bits per heavy atom. The summed E-state index contributed by atoms with van der Waals surface area (Å²) in [6.45, 7) is 11.8. The van der Waals surface area contributed by atoms with Gasteiger partial charge in [-0.3, -0.25) is 4.79 Å². The number of carbonyl (C=O) groups is 2. The Morgan fingerprint density at radius 1 is 0.868 bits per heavy atom. The average molecular weight is 524 g/mol. The summed E-state index contributed by atoms with van der Waals surface area (Å²) in [5.74, 6) is 0.872. The number of esters is 1. The van der Waals surface area contributed by atoms with Crippen molar-refractivity contribution < 1.29 is 23.5 Å². The van der Waals surface area contributed by atoms with Gasteiger partial charge >= 0.3 is 5.97 Å². The first kappa shape index (κ1) is 29.7. The Labute approximate surface area is 229 Å². The quantitative estimate of drug-likeness (QED) is 0.129. The first-order valence-corrected chi connectivity index (χ1v) is 14.7. The molecule has 1 N–H and O–H groups in total. The lowest BCUT2D eigenvalue weighted by atomic mass is 10.1. The van der Waals surface area contributed by atoms with Crippen LogP contribution in [0.25, 0.3) is 0 Å². The van der Waals surface area contributed by atoms with Crippen LogP contribution in [-0.2, 0) is 4.74 Å². The molecule has 0 saturated heterocycles. The second-order valence-electron chi connectivity index (χ2n) is 10.6. The van der Waals surface area contributed by atoms with Gasteiger partial charge in [-0.2, -0.15) is 0 Å². The molecule has 2 aromatic rings. The van der Waals surface area contributed by atoms with Crippen LogP contribution in [-0.4, -0.2) is 55.8 Å². The highest BCUT2D eigenvalue weighted by Gasteiger charge is 2.33. The zero-order valence-corrected chi connectivity index (χ0v) is 23.7. The fraction of sp³-hybridized carbons (Fsp3) is 0.562. The van der Waals surface area contributed by atoms with E-state index in [0.29, 0.717) is 35.8 Å². The zero-order valence-electron chi connectivity index (χ0n) is 23.7. The number of anilines is 1. The molecule has 1 amide bonds. The van der Waals surface area contributed by atoms with Crippen LogP contribution in [0.3, 0.4) is 0 Å². The van der Waals surface area contributed by atoms with Crippen molar-refractivity contribution in [2.75, 3.05) is 44.7 Å². The van der Waals surface area contributed by atoms with Gasteiger partial charge in [-0.15, -0.1) is 0 Å². The van der Waals surface area contributed by atoms with Crippen LogP contribution in [0.4, 0.5) is 5.69 Å². The summed E-state index contributed by atoms with van der Waals surface area (Å²) in [7, 11) is 0. The Morgan fingerprint density at radius 2 is 1.55 bits per heavy atom. The summed E-state index contributed by atoms with van der Waals surface area (Å²) >= 11 is 0. The predicted molar refractivity (Wildman–Crippen MR) is 154 cm³/mol. The molecule has 0 aliphatic heterocycles. The standard InChI is InChI=1S/C32H46N2O4/c1-4-7-8-9-10-13-23-37-30-15-12-11-14-29(30)31(35)33-28-20-18-27(19-21-28)32(36)38-24-22-34(5-2,6-3)25-26-16-17-26/h11-12,14-15,18-21,26H,4-10,13,16-17,22-25H2,1-3H3/p+1. The van der Waals surface area contributed by atoms with E-state index in [1.54, 1.807) is 30.3 Å². The highest BCUT2D eigenvalue weighted by Crippen LogP contribution is 2.32. The minimum absolute atomic E-state index is 0.234. The number of hydrogen-bond donors (Lipinski definition) is 1. The van der Waals surface area contributed by atoms with Crippen molar-refractivity contribution in [2.45, 2.75) is 72.1 Å². The summed E-state index contributed by atoms with van der Waals surface area (Å²) in [5, 5.41) is 2.92. The molecule has 6 nitrogen and oxygen atoms in total. The smallest absolute Gasteiger partial charge is 0.338 e. The summed E-state index contributed by atoms with van der Waals surface area (Å²) < 4.78 is 12.5. The van der Waals surface area contributed by atoms with E-state index < -0.39 is 0 Å². The molecule has 0 bridgehead atoms. The molecule has 2 aromatic carbocycles. The number of amides is 1. The number of unbranched alkanes of at least 4 members (excludes halogenated alkanes) is 5. The number of ether oxygens (including phenoxy) is 2. The van der Waals surface area contributed by atoms with Crippen LogP contribution in [0, 0.1) is 5.92 Å². The fourth-order valence-corrected chi connectivity index (χ4v) is 4.89. The van der Waals surface area contributed by atoms with Crippen LogP contribution >= 0.6 is 0 Å². The highest BCUT2D eigenvalue weighted by molar-refractivity contribution is 6.06. The summed E-state index contributed by atoms with van der Waals surface area (Å²) in [4.78, 5) is 25.6. The number of hydrogen-bond acceptors (Lipinski definition) is 4. The highest BCUT2D eigenvalue weighted by atomic mass is 16.5. The number of para-hydroxylation sites is 1. The molecule has 3 rings (SSSR count). The SMILES string of the molecule is CCCCCCCCOc1ccccc1C(=O)Nc1ccc(C(=O)OCC[N+](CC)(CC)CC2CC2)cc1. The Balaban J connectivity index is 1.46. The molecule has 0 unspecified atom stereocenters. The van der Waals surface area contributed by atoms with Crippen molar-refractivity contribution in [3.05, 3.63) is 59.7 Å². The van der Waals surface area contributed by atoms with Gasteiger partial charge < -0.3 is 19.3 Å². The maximum absolute atomic E-state index is 12.9. The van der Waals surface area contributed by atoms with Gasteiger partial charge in [0.2, 0.25) is 0 Å². The van der Waals surface area contributed by atoms with Gasteiger partial charge in [0.15, 0.2) is 0 Å². The molecule has 0 radical (unpaired) electrons. The van der Waals surface area contributed by atoms with Crippen LogP contribution in [0.15, 0.2) is 48.5 Å².